The van der Waals surface area contributed by atoms with E-state index in [-0.39, 0.29) is 18.0 Å². The van der Waals surface area contributed by atoms with Crippen LogP contribution in [0.4, 0.5) is 0 Å². The third-order valence-electron chi connectivity index (χ3n) is 5.91. The lowest BCUT2D eigenvalue weighted by atomic mass is 10.1. The van der Waals surface area contributed by atoms with Crippen LogP contribution in [0.1, 0.15) is 29.9 Å². The SMILES string of the molecule is Cc1[nH]c2ccccc2c1C(=O)CN1CCN(S(=O)(=O)N2CC(C)OC(C)C2)CC1. The fourth-order valence-electron chi connectivity index (χ4n) is 4.52. The molecule has 2 saturated heterocycles. The highest BCUT2D eigenvalue weighted by Crippen LogP contribution is 2.23. The predicted octanol–water partition coefficient (Wildman–Crippen LogP) is 1.63. The van der Waals surface area contributed by atoms with E-state index in [1.807, 2.05) is 49.9 Å². The molecule has 1 aromatic carbocycles. The number of nitrogens with one attached hydrogen (secondary N) is 1. The summed E-state index contributed by atoms with van der Waals surface area (Å²) in [7, 11) is -3.51. The number of rotatable bonds is 5. The zero-order valence-corrected chi connectivity index (χ0v) is 18.6. The molecule has 8 nitrogen and oxygen atoms in total. The molecule has 0 spiro atoms. The van der Waals surface area contributed by atoms with Crippen molar-refractivity contribution in [2.45, 2.75) is 33.0 Å². The van der Waals surface area contributed by atoms with E-state index in [1.165, 1.54) is 8.61 Å². The number of H-pyrrole nitrogens is 1. The third-order valence-corrected chi connectivity index (χ3v) is 7.88. The first-order chi connectivity index (χ1) is 14.3. The molecule has 2 atom stereocenters. The molecular formula is C21H30N4O4S. The Labute approximate surface area is 178 Å². The lowest BCUT2D eigenvalue weighted by molar-refractivity contribution is -0.0457. The maximum Gasteiger partial charge on any atom is 0.282 e. The largest absolute Gasteiger partial charge is 0.373 e. The fourth-order valence-corrected chi connectivity index (χ4v) is 6.27. The predicted molar refractivity (Wildman–Crippen MR) is 116 cm³/mol. The normalized spacial score (nSPS) is 25.0. The molecule has 164 valence electrons. The van der Waals surface area contributed by atoms with Gasteiger partial charge in [0.05, 0.1) is 18.8 Å². The van der Waals surface area contributed by atoms with Gasteiger partial charge in [-0.05, 0) is 26.8 Å². The first-order valence-corrected chi connectivity index (χ1v) is 11.9. The van der Waals surface area contributed by atoms with Gasteiger partial charge in [0.1, 0.15) is 0 Å². The van der Waals surface area contributed by atoms with Gasteiger partial charge in [-0.15, -0.1) is 0 Å². The van der Waals surface area contributed by atoms with Gasteiger partial charge in [-0.3, -0.25) is 9.69 Å². The van der Waals surface area contributed by atoms with Crippen molar-refractivity contribution in [3.8, 4) is 0 Å². The number of carbonyl (C=O) groups excluding carboxylic acids is 1. The van der Waals surface area contributed by atoms with Gasteiger partial charge >= 0.3 is 0 Å². The second-order valence-corrected chi connectivity index (χ2v) is 10.3. The quantitative estimate of drug-likeness (QED) is 0.723. The highest BCUT2D eigenvalue weighted by Gasteiger charge is 2.37. The number of aromatic amines is 1. The Kier molecular flexibility index (Phi) is 6.00. The molecule has 9 heteroatoms. The lowest BCUT2D eigenvalue weighted by Crippen LogP contribution is -2.57. The number of Topliss-reactive ketones (excluding diaryl/α,β-unsaturated/α-hetero) is 1. The first kappa shape index (κ1) is 21.5. The Morgan fingerprint density at radius 1 is 1.07 bits per heavy atom. The van der Waals surface area contributed by atoms with Gasteiger partial charge in [-0.1, -0.05) is 18.2 Å². The molecule has 2 aliphatic rings. The number of piperazine rings is 1. The molecule has 4 rings (SSSR count). The Morgan fingerprint density at radius 2 is 1.70 bits per heavy atom. The molecule has 2 fully saturated rings. The zero-order valence-electron chi connectivity index (χ0n) is 17.8. The molecule has 0 amide bonds. The van der Waals surface area contributed by atoms with Crippen LogP contribution in [-0.4, -0.2) is 90.7 Å². The number of benzene rings is 1. The summed E-state index contributed by atoms with van der Waals surface area (Å²) in [4.78, 5) is 18.3. The van der Waals surface area contributed by atoms with Crippen LogP contribution in [0.2, 0.25) is 0 Å². The molecule has 0 saturated carbocycles. The summed E-state index contributed by atoms with van der Waals surface area (Å²) < 4.78 is 34.8. The van der Waals surface area contributed by atoms with E-state index >= 15 is 0 Å². The van der Waals surface area contributed by atoms with Crippen molar-refractivity contribution in [3.63, 3.8) is 0 Å². The number of aryl methyl sites for hydroxylation is 1. The number of ketones is 1. The number of para-hydroxylation sites is 1. The van der Waals surface area contributed by atoms with Gasteiger partial charge in [0.15, 0.2) is 5.78 Å². The van der Waals surface area contributed by atoms with E-state index in [4.69, 9.17) is 4.74 Å². The molecule has 2 aromatic rings. The van der Waals surface area contributed by atoms with Crippen molar-refractivity contribution in [1.82, 2.24) is 18.5 Å². The van der Waals surface area contributed by atoms with Gasteiger partial charge in [0.2, 0.25) is 0 Å². The van der Waals surface area contributed by atoms with Crippen LogP contribution in [0.3, 0.4) is 0 Å². The van der Waals surface area contributed by atoms with Crippen LogP contribution in [0.15, 0.2) is 24.3 Å². The Hall–Kier alpha value is -1.78. The Morgan fingerprint density at radius 3 is 2.37 bits per heavy atom. The van der Waals surface area contributed by atoms with Crippen molar-refractivity contribution in [3.05, 3.63) is 35.5 Å². The maximum absolute atomic E-state index is 13.0. The highest BCUT2D eigenvalue weighted by molar-refractivity contribution is 7.86. The molecule has 3 heterocycles. The highest BCUT2D eigenvalue weighted by atomic mass is 32.2. The van der Waals surface area contributed by atoms with Crippen LogP contribution < -0.4 is 0 Å². The summed E-state index contributed by atoms with van der Waals surface area (Å²) in [5.74, 6) is 0.0667. The van der Waals surface area contributed by atoms with E-state index < -0.39 is 10.2 Å². The second-order valence-electron chi connectivity index (χ2n) is 8.35. The monoisotopic (exact) mass is 434 g/mol. The summed E-state index contributed by atoms with van der Waals surface area (Å²) in [6, 6.07) is 7.81. The smallest absolute Gasteiger partial charge is 0.282 e. The number of nitrogens with zero attached hydrogens (tertiary/aromatic N) is 3. The molecular weight excluding hydrogens is 404 g/mol. The molecule has 1 N–H and O–H groups in total. The van der Waals surface area contributed by atoms with E-state index in [1.54, 1.807) is 0 Å². The number of ether oxygens (including phenoxy) is 1. The van der Waals surface area contributed by atoms with E-state index in [0.717, 1.165) is 22.2 Å². The van der Waals surface area contributed by atoms with Crippen LogP contribution in [0, 0.1) is 6.92 Å². The van der Waals surface area contributed by atoms with E-state index in [0.29, 0.717) is 45.8 Å². The molecule has 0 aliphatic carbocycles. The Bertz CT molecular complexity index is 1020. The summed E-state index contributed by atoms with van der Waals surface area (Å²) in [6.45, 7) is 8.64. The molecule has 0 bridgehead atoms. The van der Waals surface area contributed by atoms with Crippen molar-refractivity contribution in [2.75, 3.05) is 45.8 Å². The zero-order chi connectivity index (χ0) is 21.5. The molecule has 0 radical (unpaired) electrons. The molecule has 30 heavy (non-hydrogen) atoms. The van der Waals surface area contributed by atoms with Gasteiger partial charge in [0.25, 0.3) is 10.2 Å². The second kappa shape index (κ2) is 8.39. The van der Waals surface area contributed by atoms with Gasteiger partial charge < -0.3 is 9.72 Å². The minimum Gasteiger partial charge on any atom is -0.373 e. The average Bonchev–Trinajstić information content (AvgIpc) is 3.03. The Balaban J connectivity index is 1.39. The number of hydrogen-bond donors (Lipinski definition) is 1. The number of hydrogen-bond acceptors (Lipinski definition) is 5. The van der Waals surface area contributed by atoms with Crippen LogP contribution >= 0.6 is 0 Å². The minimum absolute atomic E-state index is 0.0667. The first-order valence-electron chi connectivity index (χ1n) is 10.5. The van der Waals surface area contributed by atoms with Gasteiger partial charge in [-0.25, -0.2) is 0 Å². The van der Waals surface area contributed by atoms with Crippen molar-refractivity contribution in [1.29, 1.82) is 0 Å². The summed E-state index contributed by atoms with van der Waals surface area (Å²) in [5, 5.41) is 0.941. The maximum atomic E-state index is 13.0. The summed E-state index contributed by atoms with van der Waals surface area (Å²) >= 11 is 0. The number of fused-ring (bicyclic) bond motifs is 1. The van der Waals surface area contributed by atoms with E-state index in [9.17, 15) is 13.2 Å². The topological polar surface area (TPSA) is 86.0 Å². The van der Waals surface area contributed by atoms with Crippen molar-refractivity contribution < 1.29 is 17.9 Å². The standard InChI is InChI=1S/C21H30N4O4S/c1-15-12-25(13-16(2)29-15)30(27,28)24-10-8-23(9-11-24)14-20(26)21-17(3)22-19-7-5-4-6-18(19)21/h4-7,15-16,22H,8-14H2,1-3H3. The number of carbonyl (C=O) groups is 1. The number of aromatic nitrogens is 1. The van der Waals surface area contributed by atoms with Gasteiger partial charge in [-0.2, -0.15) is 17.0 Å². The number of morpholine rings is 1. The van der Waals surface area contributed by atoms with Crippen LogP contribution in [0.5, 0.6) is 0 Å². The van der Waals surface area contributed by atoms with Crippen molar-refractivity contribution in [2.24, 2.45) is 0 Å². The van der Waals surface area contributed by atoms with E-state index in [2.05, 4.69) is 4.98 Å². The molecule has 2 unspecified atom stereocenters. The lowest BCUT2D eigenvalue weighted by Gasteiger charge is -2.40. The van der Waals surface area contributed by atoms with Gasteiger partial charge in [0, 0.05) is 61.4 Å². The minimum atomic E-state index is -3.51. The third kappa shape index (κ3) is 4.17. The fraction of sp³-hybridized carbons (Fsp3) is 0.571. The summed E-state index contributed by atoms with van der Waals surface area (Å²) in [6.07, 6.45) is -0.219. The molecule has 1 aromatic heterocycles. The van der Waals surface area contributed by atoms with Crippen LogP contribution in [0.25, 0.3) is 10.9 Å². The molecule has 2 aliphatic heterocycles. The van der Waals surface area contributed by atoms with Crippen LogP contribution in [-0.2, 0) is 14.9 Å². The summed E-state index contributed by atoms with van der Waals surface area (Å²) in [5.41, 5.74) is 2.57. The average molecular weight is 435 g/mol. The van der Waals surface area contributed by atoms with Crippen molar-refractivity contribution >= 4 is 26.9 Å².